The average molecular weight is 358 g/mol. The highest BCUT2D eigenvalue weighted by Gasteiger charge is 2.41. The molecule has 2 aliphatic heterocycles. The van der Waals surface area contributed by atoms with Crippen molar-refractivity contribution in [1.82, 2.24) is 14.7 Å². The SMILES string of the molecule is CC(C)Cc1ccc(C(=O)N2CCC3(CC2)CN(C)CCCN3C)cc1. The van der Waals surface area contributed by atoms with Crippen LogP contribution >= 0.6 is 0 Å². The zero-order chi connectivity index (χ0) is 18.7. The number of nitrogens with zero attached hydrogens (tertiary/aromatic N) is 3. The lowest BCUT2D eigenvalue weighted by Gasteiger charge is -2.47. The zero-order valence-corrected chi connectivity index (χ0v) is 17.0. The van der Waals surface area contributed by atoms with Gasteiger partial charge in [-0.25, -0.2) is 0 Å². The second-order valence-corrected chi connectivity index (χ2v) is 8.82. The van der Waals surface area contributed by atoms with Crippen molar-refractivity contribution in [3.63, 3.8) is 0 Å². The van der Waals surface area contributed by atoms with Crippen LogP contribution in [0.15, 0.2) is 24.3 Å². The maximum atomic E-state index is 12.9. The van der Waals surface area contributed by atoms with Crippen molar-refractivity contribution in [3.8, 4) is 0 Å². The van der Waals surface area contributed by atoms with Crippen LogP contribution in [-0.4, -0.2) is 73.0 Å². The average Bonchev–Trinajstić information content (AvgIpc) is 2.74. The third-order valence-electron chi connectivity index (χ3n) is 6.23. The van der Waals surface area contributed by atoms with Gasteiger partial charge in [0, 0.05) is 30.7 Å². The van der Waals surface area contributed by atoms with E-state index in [1.54, 1.807) is 0 Å². The second-order valence-electron chi connectivity index (χ2n) is 8.82. The molecule has 1 aromatic rings. The van der Waals surface area contributed by atoms with Crippen LogP contribution in [-0.2, 0) is 6.42 Å². The van der Waals surface area contributed by atoms with Crippen molar-refractivity contribution in [2.75, 3.05) is 46.8 Å². The minimum atomic E-state index is 0.195. The molecule has 0 saturated carbocycles. The third kappa shape index (κ3) is 4.29. The Labute approximate surface area is 159 Å². The number of hydrogen-bond donors (Lipinski definition) is 0. The van der Waals surface area contributed by atoms with E-state index in [4.69, 9.17) is 0 Å². The lowest BCUT2D eigenvalue weighted by Crippen LogP contribution is -2.58. The molecule has 2 fully saturated rings. The van der Waals surface area contributed by atoms with Crippen LogP contribution in [0.5, 0.6) is 0 Å². The molecule has 1 amide bonds. The van der Waals surface area contributed by atoms with Gasteiger partial charge in [0.25, 0.3) is 5.91 Å². The Morgan fingerprint density at radius 3 is 2.31 bits per heavy atom. The molecule has 144 valence electrons. The number of amides is 1. The molecule has 2 saturated heterocycles. The summed E-state index contributed by atoms with van der Waals surface area (Å²) in [5.41, 5.74) is 2.39. The standard InChI is InChI=1S/C22H35N3O/c1-18(2)16-19-6-8-20(9-7-19)21(26)25-14-10-22(11-15-25)17-23(3)12-5-13-24(22)4/h6-9,18H,5,10-17H2,1-4H3. The molecule has 2 heterocycles. The number of likely N-dealkylation sites (N-methyl/N-ethyl adjacent to an activating group) is 2. The van der Waals surface area contributed by atoms with Crippen LogP contribution < -0.4 is 0 Å². The van der Waals surface area contributed by atoms with Gasteiger partial charge in [0.05, 0.1) is 0 Å². The van der Waals surface area contributed by atoms with Gasteiger partial charge in [-0.2, -0.15) is 0 Å². The molecule has 0 bridgehead atoms. The molecule has 0 radical (unpaired) electrons. The molecule has 26 heavy (non-hydrogen) atoms. The van der Waals surface area contributed by atoms with E-state index in [1.807, 2.05) is 12.1 Å². The van der Waals surface area contributed by atoms with Gasteiger partial charge in [-0.3, -0.25) is 9.69 Å². The van der Waals surface area contributed by atoms with E-state index < -0.39 is 0 Å². The van der Waals surface area contributed by atoms with E-state index in [0.717, 1.165) is 51.0 Å². The van der Waals surface area contributed by atoms with Gasteiger partial charge in [-0.15, -0.1) is 0 Å². The Kier molecular flexibility index (Phi) is 6.03. The van der Waals surface area contributed by atoms with Crippen molar-refractivity contribution >= 4 is 5.91 Å². The summed E-state index contributed by atoms with van der Waals surface area (Å²) < 4.78 is 0. The fourth-order valence-electron chi connectivity index (χ4n) is 4.62. The van der Waals surface area contributed by atoms with Crippen molar-refractivity contribution in [3.05, 3.63) is 35.4 Å². The van der Waals surface area contributed by atoms with Gasteiger partial charge >= 0.3 is 0 Å². The monoisotopic (exact) mass is 357 g/mol. The molecule has 0 unspecified atom stereocenters. The highest BCUT2D eigenvalue weighted by molar-refractivity contribution is 5.94. The quantitative estimate of drug-likeness (QED) is 0.832. The summed E-state index contributed by atoms with van der Waals surface area (Å²) in [6.45, 7) is 9.65. The maximum Gasteiger partial charge on any atom is 0.253 e. The maximum absolute atomic E-state index is 12.9. The fraction of sp³-hybridized carbons (Fsp3) is 0.682. The molecule has 0 aromatic heterocycles. The topological polar surface area (TPSA) is 26.8 Å². The van der Waals surface area contributed by atoms with Crippen LogP contribution in [0.1, 0.15) is 49.0 Å². The van der Waals surface area contributed by atoms with Gasteiger partial charge in [-0.1, -0.05) is 26.0 Å². The number of piperidine rings is 1. The predicted octanol–water partition coefficient (Wildman–Crippen LogP) is 3.13. The molecule has 1 spiro atoms. The molecular weight excluding hydrogens is 322 g/mol. The number of likely N-dealkylation sites (tertiary alicyclic amines) is 1. The van der Waals surface area contributed by atoms with Crippen LogP contribution in [0.2, 0.25) is 0 Å². The molecule has 0 N–H and O–H groups in total. The zero-order valence-electron chi connectivity index (χ0n) is 17.0. The van der Waals surface area contributed by atoms with Gasteiger partial charge in [0.15, 0.2) is 0 Å². The van der Waals surface area contributed by atoms with E-state index in [2.05, 4.69) is 54.8 Å². The smallest absolute Gasteiger partial charge is 0.253 e. The Morgan fingerprint density at radius 2 is 1.69 bits per heavy atom. The summed E-state index contributed by atoms with van der Waals surface area (Å²) in [4.78, 5) is 20.0. The Morgan fingerprint density at radius 1 is 1.04 bits per heavy atom. The second kappa shape index (κ2) is 8.10. The van der Waals surface area contributed by atoms with E-state index in [9.17, 15) is 4.79 Å². The summed E-state index contributed by atoms with van der Waals surface area (Å²) in [6, 6.07) is 8.26. The predicted molar refractivity (Wildman–Crippen MR) is 108 cm³/mol. The van der Waals surface area contributed by atoms with Crippen molar-refractivity contribution < 1.29 is 4.79 Å². The van der Waals surface area contributed by atoms with Gasteiger partial charge in [-0.05, 0) is 76.5 Å². The number of carbonyl (C=O) groups is 1. The summed E-state index contributed by atoms with van der Waals surface area (Å²) in [5.74, 6) is 0.838. The molecule has 4 heteroatoms. The van der Waals surface area contributed by atoms with Crippen LogP contribution in [0.25, 0.3) is 0 Å². The van der Waals surface area contributed by atoms with Crippen LogP contribution in [0.4, 0.5) is 0 Å². The molecule has 1 aromatic carbocycles. The van der Waals surface area contributed by atoms with Crippen LogP contribution in [0, 0.1) is 5.92 Å². The van der Waals surface area contributed by atoms with Crippen molar-refractivity contribution in [2.45, 2.75) is 45.1 Å². The van der Waals surface area contributed by atoms with E-state index in [1.165, 1.54) is 18.5 Å². The van der Waals surface area contributed by atoms with E-state index in [0.29, 0.717) is 5.92 Å². The summed E-state index contributed by atoms with van der Waals surface area (Å²) in [6.07, 6.45) is 4.46. The number of rotatable bonds is 3. The molecular formula is C22H35N3O. The Hall–Kier alpha value is -1.39. The molecule has 0 atom stereocenters. The number of hydrogen-bond acceptors (Lipinski definition) is 3. The van der Waals surface area contributed by atoms with Crippen molar-refractivity contribution in [1.29, 1.82) is 0 Å². The lowest BCUT2D eigenvalue weighted by atomic mass is 9.85. The molecule has 4 nitrogen and oxygen atoms in total. The van der Waals surface area contributed by atoms with Gasteiger partial charge in [0.2, 0.25) is 0 Å². The number of benzene rings is 1. The highest BCUT2D eigenvalue weighted by atomic mass is 16.2. The fourth-order valence-corrected chi connectivity index (χ4v) is 4.62. The van der Waals surface area contributed by atoms with Gasteiger partial charge in [0.1, 0.15) is 0 Å². The molecule has 3 rings (SSSR count). The lowest BCUT2D eigenvalue weighted by molar-refractivity contribution is 0.0282. The Balaban J connectivity index is 1.63. The first kappa shape index (κ1) is 19.4. The van der Waals surface area contributed by atoms with E-state index in [-0.39, 0.29) is 11.4 Å². The van der Waals surface area contributed by atoms with E-state index >= 15 is 0 Å². The summed E-state index contributed by atoms with van der Waals surface area (Å²) in [5, 5.41) is 0. The van der Waals surface area contributed by atoms with Crippen LogP contribution in [0.3, 0.4) is 0 Å². The molecule has 0 aliphatic carbocycles. The van der Waals surface area contributed by atoms with Gasteiger partial charge < -0.3 is 9.80 Å². The highest BCUT2D eigenvalue weighted by Crippen LogP contribution is 2.31. The first-order valence-electron chi connectivity index (χ1n) is 10.2. The summed E-state index contributed by atoms with van der Waals surface area (Å²) in [7, 11) is 4.50. The summed E-state index contributed by atoms with van der Waals surface area (Å²) >= 11 is 0. The largest absolute Gasteiger partial charge is 0.339 e. The minimum absolute atomic E-state index is 0.195. The number of carbonyl (C=O) groups excluding carboxylic acids is 1. The van der Waals surface area contributed by atoms with Crippen molar-refractivity contribution in [2.24, 2.45) is 5.92 Å². The minimum Gasteiger partial charge on any atom is -0.339 e. The first-order chi connectivity index (χ1) is 12.4. The normalized spacial score (nSPS) is 22.0. The third-order valence-corrected chi connectivity index (χ3v) is 6.23. The Bertz CT molecular complexity index is 602. The first-order valence-corrected chi connectivity index (χ1v) is 10.2. The molecule has 2 aliphatic rings.